The molecule has 5 nitrogen and oxygen atoms in total. The Kier molecular flexibility index (Phi) is 4.84. The second-order valence-electron chi connectivity index (χ2n) is 7.38. The molecule has 0 saturated heterocycles. The van der Waals surface area contributed by atoms with Crippen LogP contribution in [0.1, 0.15) is 5.56 Å². The highest BCUT2D eigenvalue weighted by Gasteiger charge is 2.17. The molecule has 0 saturated carbocycles. The van der Waals surface area contributed by atoms with Crippen molar-refractivity contribution < 1.29 is 9.53 Å². The molecule has 0 amide bonds. The van der Waals surface area contributed by atoms with Gasteiger partial charge in [-0.1, -0.05) is 72.8 Å². The van der Waals surface area contributed by atoms with E-state index in [1.54, 1.807) is 0 Å². The number of carbonyl (C=O) groups is 1. The molecule has 0 bridgehead atoms. The van der Waals surface area contributed by atoms with E-state index in [1.165, 1.54) is 7.11 Å². The lowest BCUT2D eigenvalue weighted by Gasteiger charge is -2.02. The van der Waals surface area contributed by atoms with Crippen molar-refractivity contribution in [1.29, 1.82) is 0 Å². The molecule has 0 spiro atoms. The Balaban J connectivity index is 1.62. The van der Waals surface area contributed by atoms with Gasteiger partial charge in [0.2, 0.25) is 0 Å². The average Bonchev–Trinajstić information content (AvgIpc) is 3.44. The summed E-state index contributed by atoms with van der Waals surface area (Å²) in [5.74, 6) is 0.543. The van der Waals surface area contributed by atoms with Gasteiger partial charge in [0.15, 0.2) is 0 Å². The number of carbonyl (C=O) groups excluding carboxylic acids is 1. The number of methoxy groups -OCH3 is 1. The fourth-order valence-electron chi connectivity index (χ4n) is 3.84. The molecule has 0 aliphatic carbocycles. The standard InChI is InChI=1S/C26H21N3O2/c1-31-23(30)15-17-12-13-20-21(16-27-22(20)14-17)26-28-24(18-8-4-2-5-9-18)25(29-26)19-10-6-3-7-11-19/h2-14,16,27H,15H2,1H3,(H,28,29). The smallest absolute Gasteiger partial charge is 0.309 e. The number of hydrogen-bond donors (Lipinski definition) is 2. The molecule has 31 heavy (non-hydrogen) atoms. The van der Waals surface area contributed by atoms with Crippen molar-refractivity contribution in [3.8, 4) is 33.9 Å². The van der Waals surface area contributed by atoms with E-state index in [2.05, 4.69) is 34.2 Å². The number of benzene rings is 3. The lowest BCUT2D eigenvalue weighted by atomic mass is 10.1. The van der Waals surface area contributed by atoms with E-state index in [1.807, 2.05) is 60.8 Å². The third-order valence-corrected chi connectivity index (χ3v) is 5.39. The first-order chi connectivity index (χ1) is 15.2. The highest BCUT2D eigenvalue weighted by molar-refractivity contribution is 5.96. The van der Waals surface area contributed by atoms with Gasteiger partial charge in [0, 0.05) is 33.8 Å². The predicted molar refractivity (Wildman–Crippen MR) is 122 cm³/mol. The van der Waals surface area contributed by atoms with Crippen LogP contribution in [0.25, 0.3) is 44.8 Å². The maximum absolute atomic E-state index is 11.6. The summed E-state index contributed by atoms with van der Waals surface area (Å²) in [6, 6.07) is 26.4. The monoisotopic (exact) mass is 407 g/mol. The van der Waals surface area contributed by atoms with Gasteiger partial charge in [-0.25, -0.2) is 4.98 Å². The van der Waals surface area contributed by atoms with E-state index in [4.69, 9.17) is 9.72 Å². The molecule has 0 aliphatic rings. The highest BCUT2D eigenvalue weighted by Crippen LogP contribution is 2.35. The Labute approximate surface area is 179 Å². The first-order valence-corrected chi connectivity index (χ1v) is 10.1. The number of fused-ring (bicyclic) bond motifs is 1. The van der Waals surface area contributed by atoms with Crippen molar-refractivity contribution in [2.24, 2.45) is 0 Å². The normalized spacial score (nSPS) is 11.0. The molecule has 2 N–H and O–H groups in total. The van der Waals surface area contributed by atoms with Crippen LogP contribution in [0, 0.1) is 0 Å². The quantitative estimate of drug-likeness (QED) is 0.372. The van der Waals surface area contributed by atoms with Crippen LogP contribution in [-0.2, 0) is 16.0 Å². The number of hydrogen-bond acceptors (Lipinski definition) is 3. The van der Waals surface area contributed by atoms with Gasteiger partial charge >= 0.3 is 5.97 Å². The summed E-state index contributed by atoms with van der Waals surface area (Å²) in [5.41, 5.74) is 6.89. The number of imidazole rings is 1. The first kappa shape index (κ1) is 18.9. The maximum atomic E-state index is 11.6. The van der Waals surface area contributed by atoms with E-state index >= 15 is 0 Å². The second-order valence-corrected chi connectivity index (χ2v) is 7.38. The minimum Gasteiger partial charge on any atom is -0.469 e. The molecular formula is C26H21N3O2. The zero-order chi connectivity index (χ0) is 21.2. The van der Waals surface area contributed by atoms with Crippen LogP contribution in [-0.4, -0.2) is 28.0 Å². The molecule has 0 atom stereocenters. The van der Waals surface area contributed by atoms with Crippen molar-refractivity contribution in [2.45, 2.75) is 6.42 Å². The van der Waals surface area contributed by atoms with Gasteiger partial charge in [-0.05, 0) is 11.6 Å². The summed E-state index contributed by atoms with van der Waals surface area (Å²) in [4.78, 5) is 23.4. The Morgan fingerprint density at radius 1 is 0.935 bits per heavy atom. The van der Waals surface area contributed by atoms with Crippen LogP contribution < -0.4 is 0 Å². The number of rotatable bonds is 5. The maximum Gasteiger partial charge on any atom is 0.309 e. The van der Waals surface area contributed by atoms with Gasteiger partial charge in [-0.2, -0.15) is 0 Å². The summed E-state index contributed by atoms with van der Waals surface area (Å²) in [7, 11) is 1.40. The molecule has 152 valence electrons. The first-order valence-electron chi connectivity index (χ1n) is 10.1. The molecule has 2 heterocycles. The van der Waals surface area contributed by atoms with Gasteiger partial charge in [-0.3, -0.25) is 4.79 Å². The van der Waals surface area contributed by atoms with Crippen LogP contribution in [0.4, 0.5) is 0 Å². The Bertz CT molecular complexity index is 1290. The molecular weight excluding hydrogens is 386 g/mol. The zero-order valence-electron chi connectivity index (χ0n) is 17.1. The largest absolute Gasteiger partial charge is 0.469 e. The Hall–Kier alpha value is -4.12. The van der Waals surface area contributed by atoms with Gasteiger partial charge in [0.1, 0.15) is 5.82 Å². The minimum atomic E-state index is -0.253. The number of nitrogens with zero attached hydrogens (tertiary/aromatic N) is 1. The SMILES string of the molecule is COC(=O)Cc1ccc2c(-c3nc(-c4ccccc4)c(-c4ccccc4)[nH]3)c[nH]c2c1. The molecule has 0 fully saturated rings. The van der Waals surface area contributed by atoms with Crippen LogP contribution in [0.3, 0.4) is 0 Å². The van der Waals surface area contributed by atoms with E-state index < -0.39 is 0 Å². The average molecular weight is 407 g/mol. The van der Waals surface area contributed by atoms with Gasteiger partial charge in [0.05, 0.1) is 24.9 Å². The molecule has 5 aromatic rings. The van der Waals surface area contributed by atoms with Crippen molar-refractivity contribution in [3.05, 3.63) is 90.6 Å². The van der Waals surface area contributed by atoms with Crippen LogP contribution in [0.2, 0.25) is 0 Å². The zero-order valence-corrected chi connectivity index (χ0v) is 17.1. The van der Waals surface area contributed by atoms with Crippen molar-refractivity contribution in [3.63, 3.8) is 0 Å². The molecule has 3 aromatic carbocycles. The van der Waals surface area contributed by atoms with E-state index in [0.717, 1.165) is 50.4 Å². The van der Waals surface area contributed by atoms with Gasteiger partial charge < -0.3 is 14.7 Å². The second kappa shape index (κ2) is 7.95. The number of esters is 1. The van der Waals surface area contributed by atoms with E-state index in [0.29, 0.717) is 0 Å². The molecule has 0 aliphatic heterocycles. The van der Waals surface area contributed by atoms with E-state index in [-0.39, 0.29) is 12.4 Å². The lowest BCUT2D eigenvalue weighted by Crippen LogP contribution is -2.04. The summed E-state index contributed by atoms with van der Waals surface area (Å²) in [6.45, 7) is 0. The summed E-state index contributed by atoms with van der Waals surface area (Å²) >= 11 is 0. The number of ether oxygens (including phenoxy) is 1. The summed E-state index contributed by atoms with van der Waals surface area (Å²) in [6.07, 6.45) is 2.20. The number of nitrogens with one attached hydrogen (secondary N) is 2. The fourth-order valence-corrected chi connectivity index (χ4v) is 3.84. The Morgan fingerprint density at radius 3 is 2.35 bits per heavy atom. The van der Waals surface area contributed by atoms with Crippen LogP contribution in [0.15, 0.2) is 85.1 Å². The summed E-state index contributed by atoms with van der Waals surface area (Å²) < 4.78 is 4.78. The number of aromatic amines is 2. The molecule has 0 radical (unpaired) electrons. The highest BCUT2D eigenvalue weighted by atomic mass is 16.5. The minimum absolute atomic E-state index is 0.248. The third kappa shape index (κ3) is 3.62. The predicted octanol–water partition coefficient (Wildman–Crippen LogP) is 5.61. The van der Waals surface area contributed by atoms with E-state index in [9.17, 15) is 4.79 Å². The van der Waals surface area contributed by atoms with Crippen molar-refractivity contribution >= 4 is 16.9 Å². The van der Waals surface area contributed by atoms with Gasteiger partial charge in [0.25, 0.3) is 0 Å². The lowest BCUT2D eigenvalue weighted by molar-refractivity contribution is -0.139. The summed E-state index contributed by atoms with van der Waals surface area (Å²) in [5, 5.41) is 1.04. The number of aromatic nitrogens is 3. The third-order valence-electron chi connectivity index (χ3n) is 5.39. The Morgan fingerprint density at radius 2 is 1.65 bits per heavy atom. The van der Waals surface area contributed by atoms with Crippen LogP contribution in [0.5, 0.6) is 0 Å². The molecule has 5 rings (SSSR count). The van der Waals surface area contributed by atoms with Crippen molar-refractivity contribution in [1.82, 2.24) is 15.0 Å². The number of H-pyrrole nitrogens is 2. The van der Waals surface area contributed by atoms with Gasteiger partial charge in [-0.15, -0.1) is 0 Å². The molecule has 5 heteroatoms. The fraction of sp³-hybridized carbons (Fsp3) is 0.0769. The molecule has 0 unspecified atom stereocenters. The molecule has 2 aromatic heterocycles. The van der Waals surface area contributed by atoms with Crippen LogP contribution >= 0.6 is 0 Å². The van der Waals surface area contributed by atoms with Crippen molar-refractivity contribution in [2.75, 3.05) is 7.11 Å². The topological polar surface area (TPSA) is 70.8 Å².